The minimum Gasteiger partial charge on any atom is -0.383 e. The third-order valence-electron chi connectivity index (χ3n) is 4.25. The van der Waals surface area contributed by atoms with Crippen LogP contribution in [0.1, 0.15) is 16.8 Å². The molecular formula is C18H13F4N5. The van der Waals surface area contributed by atoms with Gasteiger partial charge in [0, 0.05) is 29.4 Å². The molecule has 0 radical (unpaired) electrons. The molecule has 1 aromatic carbocycles. The quantitative estimate of drug-likeness (QED) is 0.685. The number of benzene rings is 1. The molecule has 0 amide bonds. The molecule has 9 heteroatoms. The van der Waals surface area contributed by atoms with Crippen LogP contribution in [-0.4, -0.2) is 14.8 Å². The molecular weight excluding hydrogens is 362 g/mol. The number of nitrogens with zero attached hydrogens (tertiary/aromatic N) is 4. The fourth-order valence-electron chi connectivity index (χ4n) is 2.77. The molecule has 0 atom stereocenters. The summed E-state index contributed by atoms with van der Waals surface area (Å²) in [6.45, 7) is 1.75. The van der Waals surface area contributed by atoms with Crippen LogP contribution in [0.25, 0.3) is 22.4 Å². The van der Waals surface area contributed by atoms with Crippen LogP contribution in [0.4, 0.5) is 23.4 Å². The van der Waals surface area contributed by atoms with Crippen molar-refractivity contribution in [1.82, 2.24) is 14.8 Å². The van der Waals surface area contributed by atoms with Gasteiger partial charge in [0.2, 0.25) is 0 Å². The summed E-state index contributed by atoms with van der Waals surface area (Å²) < 4.78 is 55.0. The highest BCUT2D eigenvalue weighted by Gasteiger charge is 2.35. The molecule has 5 nitrogen and oxygen atoms in total. The largest absolute Gasteiger partial charge is 0.417 e. The van der Waals surface area contributed by atoms with E-state index in [2.05, 4.69) is 10.1 Å². The SMILES string of the molecule is Cc1c(-c2cc(-c3ccc(F)cc3C(F)(F)F)nc(N)c2C#N)cnn1C. The number of hydrogen-bond acceptors (Lipinski definition) is 4. The van der Waals surface area contributed by atoms with Gasteiger partial charge < -0.3 is 5.73 Å². The van der Waals surface area contributed by atoms with Crippen molar-refractivity contribution in [3.63, 3.8) is 0 Å². The topological polar surface area (TPSA) is 80.5 Å². The second kappa shape index (κ2) is 6.39. The number of aromatic nitrogens is 3. The Kier molecular flexibility index (Phi) is 4.35. The van der Waals surface area contributed by atoms with Crippen molar-refractivity contribution < 1.29 is 17.6 Å². The lowest BCUT2D eigenvalue weighted by Crippen LogP contribution is -2.09. The molecule has 0 saturated heterocycles. The van der Waals surface area contributed by atoms with E-state index >= 15 is 0 Å². The number of anilines is 1. The number of halogens is 4. The molecule has 0 fully saturated rings. The Morgan fingerprint density at radius 1 is 1.15 bits per heavy atom. The highest BCUT2D eigenvalue weighted by atomic mass is 19.4. The maximum absolute atomic E-state index is 13.4. The molecule has 0 spiro atoms. The molecule has 0 aliphatic heterocycles. The summed E-state index contributed by atoms with van der Waals surface area (Å²) >= 11 is 0. The van der Waals surface area contributed by atoms with Gasteiger partial charge in [0.15, 0.2) is 0 Å². The summed E-state index contributed by atoms with van der Waals surface area (Å²) in [7, 11) is 1.69. The zero-order valence-corrected chi connectivity index (χ0v) is 14.3. The van der Waals surface area contributed by atoms with Crippen LogP contribution in [0.2, 0.25) is 0 Å². The van der Waals surface area contributed by atoms with Crippen molar-refractivity contribution in [3.05, 3.63) is 53.1 Å². The third kappa shape index (κ3) is 3.21. The Morgan fingerprint density at radius 2 is 1.85 bits per heavy atom. The Balaban J connectivity index is 2.32. The number of alkyl halides is 3. The van der Waals surface area contributed by atoms with Gasteiger partial charge in [-0.15, -0.1) is 0 Å². The van der Waals surface area contributed by atoms with Crippen LogP contribution >= 0.6 is 0 Å². The smallest absolute Gasteiger partial charge is 0.383 e. The number of nitrogen functional groups attached to an aromatic ring is 1. The molecule has 2 aromatic heterocycles. The predicted octanol–water partition coefficient (Wildman–Crippen LogP) is 4.07. The lowest BCUT2D eigenvalue weighted by molar-refractivity contribution is -0.137. The highest BCUT2D eigenvalue weighted by Crippen LogP contribution is 2.39. The van der Waals surface area contributed by atoms with Crippen molar-refractivity contribution in [1.29, 1.82) is 5.26 Å². The number of rotatable bonds is 2. The number of aryl methyl sites for hydroxylation is 1. The zero-order valence-electron chi connectivity index (χ0n) is 14.3. The normalized spacial score (nSPS) is 11.4. The van der Waals surface area contributed by atoms with Crippen LogP contribution in [0, 0.1) is 24.1 Å². The van der Waals surface area contributed by atoms with Gasteiger partial charge in [-0.2, -0.15) is 23.5 Å². The van der Waals surface area contributed by atoms with Crippen LogP contribution in [0.15, 0.2) is 30.5 Å². The van der Waals surface area contributed by atoms with E-state index in [4.69, 9.17) is 5.73 Å². The fraction of sp³-hybridized carbons (Fsp3) is 0.167. The van der Waals surface area contributed by atoms with Gasteiger partial charge in [-0.3, -0.25) is 4.68 Å². The van der Waals surface area contributed by atoms with Crippen molar-refractivity contribution in [3.8, 4) is 28.5 Å². The predicted molar refractivity (Wildman–Crippen MR) is 90.7 cm³/mol. The Labute approximate surface area is 151 Å². The van der Waals surface area contributed by atoms with E-state index in [-0.39, 0.29) is 22.6 Å². The molecule has 0 unspecified atom stereocenters. The summed E-state index contributed by atoms with van der Waals surface area (Å²) in [5.41, 5.74) is 5.80. The molecule has 0 aliphatic carbocycles. The summed E-state index contributed by atoms with van der Waals surface area (Å²) in [6, 6.07) is 5.57. The van der Waals surface area contributed by atoms with E-state index in [9.17, 15) is 22.8 Å². The second-order valence-electron chi connectivity index (χ2n) is 5.88. The first-order valence-corrected chi connectivity index (χ1v) is 7.70. The first-order chi connectivity index (χ1) is 12.6. The molecule has 3 rings (SSSR count). The van der Waals surface area contributed by atoms with E-state index in [1.165, 1.54) is 12.3 Å². The lowest BCUT2D eigenvalue weighted by Gasteiger charge is -2.15. The van der Waals surface area contributed by atoms with Crippen molar-refractivity contribution in [2.24, 2.45) is 7.05 Å². The first-order valence-electron chi connectivity index (χ1n) is 7.70. The first kappa shape index (κ1) is 18.4. The van der Waals surface area contributed by atoms with E-state index < -0.39 is 17.6 Å². The van der Waals surface area contributed by atoms with Crippen LogP contribution < -0.4 is 5.73 Å². The Morgan fingerprint density at radius 3 is 2.41 bits per heavy atom. The number of pyridine rings is 1. The lowest BCUT2D eigenvalue weighted by atomic mass is 9.97. The Bertz CT molecular complexity index is 1080. The second-order valence-corrected chi connectivity index (χ2v) is 5.88. The van der Waals surface area contributed by atoms with Crippen LogP contribution in [0.3, 0.4) is 0 Å². The maximum atomic E-state index is 13.4. The monoisotopic (exact) mass is 375 g/mol. The minimum absolute atomic E-state index is 0.0329. The van der Waals surface area contributed by atoms with Crippen molar-refractivity contribution in [2.75, 3.05) is 5.73 Å². The zero-order chi connectivity index (χ0) is 19.9. The Hall–Kier alpha value is -3.41. The standard InChI is InChI=1S/C18H13F4N5/c1-9-14(8-25-27(9)2)12-6-16(26-17(24)13(12)7-23)11-4-3-10(19)5-15(11)18(20,21)22/h3-6,8H,1-2H3,(H2,24,26). The van der Waals surface area contributed by atoms with E-state index in [1.54, 1.807) is 18.7 Å². The van der Waals surface area contributed by atoms with Gasteiger partial charge in [0.25, 0.3) is 0 Å². The van der Waals surface area contributed by atoms with Gasteiger partial charge in [0.05, 0.1) is 17.5 Å². The minimum atomic E-state index is -4.79. The van der Waals surface area contributed by atoms with Crippen molar-refractivity contribution >= 4 is 5.82 Å². The summed E-state index contributed by atoms with van der Waals surface area (Å²) in [4.78, 5) is 3.95. The molecule has 2 N–H and O–H groups in total. The van der Waals surface area contributed by atoms with E-state index in [0.717, 1.165) is 12.1 Å². The number of nitriles is 1. The molecule has 27 heavy (non-hydrogen) atoms. The van der Waals surface area contributed by atoms with Crippen LogP contribution in [-0.2, 0) is 13.2 Å². The summed E-state index contributed by atoms with van der Waals surface area (Å²) in [5.74, 6) is -1.23. The average Bonchev–Trinajstić information content (AvgIpc) is 2.92. The molecule has 0 saturated carbocycles. The number of hydrogen-bond donors (Lipinski definition) is 1. The van der Waals surface area contributed by atoms with Gasteiger partial charge in [0.1, 0.15) is 23.3 Å². The van der Waals surface area contributed by atoms with Gasteiger partial charge in [-0.05, 0) is 31.2 Å². The fourth-order valence-corrected chi connectivity index (χ4v) is 2.77. The molecule has 3 aromatic rings. The third-order valence-corrected chi connectivity index (χ3v) is 4.25. The van der Waals surface area contributed by atoms with Crippen molar-refractivity contribution in [2.45, 2.75) is 13.1 Å². The molecule has 0 bridgehead atoms. The van der Waals surface area contributed by atoms with Gasteiger partial charge >= 0.3 is 6.18 Å². The van der Waals surface area contributed by atoms with Crippen LogP contribution in [0.5, 0.6) is 0 Å². The van der Waals surface area contributed by atoms with Gasteiger partial charge in [-0.25, -0.2) is 9.37 Å². The van der Waals surface area contributed by atoms with E-state index in [0.29, 0.717) is 22.9 Å². The average molecular weight is 375 g/mol. The highest BCUT2D eigenvalue weighted by molar-refractivity contribution is 5.81. The van der Waals surface area contributed by atoms with Gasteiger partial charge in [-0.1, -0.05) is 0 Å². The molecule has 0 aliphatic rings. The summed E-state index contributed by atoms with van der Waals surface area (Å²) in [5, 5.41) is 13.5. The number of nitrogens with two attached hydrogens (primary N) is 1. The maximum Gasteiger partial charge on any atom is 0.417 e. The molecule has 138 valence electrons. The van der Waals surface area contributed by atoms with E-state index in [1.807, 2.05) is 6.07 Å². The summed E-state index contributed by atoms with van der Waals surface area (Å²) in [6.07, 6.45) is -3.30. The molecule has 2 heterocycles.